The second-order valence-electron chi connectivity index (χ2n) is 15.0. The molecule has 0 spiro atoms. The molecule has 0 aliphatic rings. The van der Waals surface area contributed by atoms with Gasteiger partial charge in [0.05, 0.1) is 8.07 Å². The number of hydrogen-bond acceptors (Lipinski definition) is 3. The van der Waals surface area contributed by atoms with Crippen LogP contribution in [0.5, 0.6) is 0 Å². The van der Waals surface area contributed by atoms with Crippen molar-refractivity contribution in [3.63, 3.8) is 0 Å². The Kier molecular flexibility index (Phi) is 12.2. The molecule has 8 aromatic rings. The fraction of sp³-hybridized carbons (Fsp3) is 0.167. The molecule has 6 heteroatoms. The van der Waals surface area contributed by atoms with Crippen molar-refractivity contribution in [1.82, 2.24) is 9.97 Å². The number of aromatic nitrogens is 2. The van der Waals surface area contributed by atoms with E-state index in [1.807, 2.05) is 66.9 Å². The molecule has 8 rings (SSSR count). The second kappa shape index (κ2) is 16.8. The minimum atomic E-state index is -1.34. The Balaban J connectivity index is 0.000000205. The minimum absolute atomic E-state index is 0. The fourth-order valence-electron chi connectivity index (χ4n) is 6.89. The summed E-state index contributed by atoms with van der Waals surface area (Å²) in [6.45, 7) is 13.9. The normalized spacial score (nSPS) is 11.3. The molecule has 0 N–H and O–H groups in total. The number of thiophene rings is 1. The van der Waals surface area contributed by atoms with Crippen LogP contribution in [0, 0.1) is 30.8 Å². The predicted molar refractivity (Wildman–Crippen MR) is 227 cm³/mol. The molecule has 1 radical (unpaired) electrons. The summed E-state index contributed by atoms with van der Waals surface area (Å²) in [5, 5.41) is 3.84. The number of nitrogens with zero attached hydrogens (tertiary/aromatic N) is 2. The standard InChI is InChI=1S/C30H19FNS.C18H24NSi.Ir/c1-19-16-28(32-18-26(19)20-8-3-2-4-9-20)25-12-7-11-24-23-15-14-21(17-29(23)33-30(24)25)22-10-5-6-13-27(22)31;1-14(2)11-16-12-17(15-9-7-6-8-10-15)19-13-18(16)20(3,4)5;/h2-11,13-18H,1H3;6-9,12-14H,11H2,1-5H3;/q2*-1;. The van der Waals surface area contributed by atoms with Gasteiger partial charge in [0, 0.05) is 48.3 Å². The Hall–Kier alpha value is -4.58. The molecule has 3 heterocycles. The predicted octanol–water partition coefficient (Wildman–Crippen LogP) is 13.0. The number of fused-ring (bicyclic) bond motifs is 3. The number of aryl methyl sites for hydroxylation is 1. The summed E-state index contributed by atoms with van der Waals surface area (Å²) in [6, 6.07) is 46.7. The molecule has 2 nitrogen and oxygen atoms in total. The van der Waals surface area contributed by atoms with Crippen LogP contribution in [-0.2, 0) is 26.5 Å². The number of pyridine rings is 2. The van der Waals surface area contributed by atoms with Gasteiger partial charge in [-0.1, -0.05) is 117 Å². The fourth-order valence-corrected chi connectivity index (χ4v) is 9.73. The molecule has 0 unspecified atom stereocenters. The van der Waals surface area contributed by atoms with Gasteiger partial charge in [0.25, 0.3) is 0 Å². The van der Waals surface area contributed by atoms with E-state index in [0.717, 1.165) is 49.5 Å². The Morgan fingerprint density at radius 3 is 2.15 bits per heavy atom. The van der Waals surface area contributed by atoms with Crippen LogP contribution >= 0.6 is 11.3 Å². The Labute approximate surface area is 337 Å². The maximum absolute atomic E-state index is 14.3. The summed E-state index contributed by atoms with van der Waals surface area (Å²) in [7, 11) is -1.34. The third-order valence-corrected chi connectivity index (χ3v) is 12.7. The van der Waals surface area contributed by atoms with Gasteiger partial charge in [-0.25, -0.2) is 4.39 Å². The van der Waals surface area contributed by atoms with E-state index >= 15 is 0 Å². The maximum atomic E-state index is 14.3. The summed E-state index contributed by atoms with van der Waals surface area (Å²) >= 11 is 1.71. The largest absolute Gasteiger partial charge is 0.305 e. The van der Waals surface area contributed by atoms with Crippen molar-refractivity contribution in [2.75, 3.05) is 0 Å². The average Bonchev–Trinajstić information content (AvgIpc) is 3.53. The van der Waals surface area contributed by atoms with Gasteiger partial charge in [0.1, 0.15) is 5.82 Å². The Bertz CT molecular complexity index is 2520. The van der Waals surface area contributed by atoms with Gasteiger partial charge in [0.2, 0.25) is 0 Å². The van der Waals surface area contributed by atoms with Gasteiger partial charge in [0.15, 0.2) is 0 Å². The van der Waals surface area contributed by atoms with Crippen molar-refractivity contribution in [1.29, 1.82) is 0 Å². The second-order valence-corrected chi connectivity index (χ2v) is 21.1. The first kappa shape index (κ1) is 39.1. The van der Waals surface area contributed by atoms with Crippen molar-refractivity contribution >= 4 is 44.8 Å². The van der Waals surface area contributed by atoms with Crippen molar-refractivity contribution in [3.05, 3.63) is 163 Å². The zero-order valence-electron chi connectivity index (χ0n) is 31.5. The van der Waals surface area contributed by atoms with E-state index in [9.17, 15) is 4.39 Å². The van der Waals surface area contributed by atoms with Gasteiger partial charge in [-0.05, 0) is 74.7 Å². The molecule has 0 saturated heterocycles. The summed E-state index contributed by atoms with van der Waals surface area (Å²) in [4.78, 5) is 9.50. The number of rotatable bonds is 7. The first-order chi connectivity index (χ1) is 25.6. The molecular formula is C48H43FIrN2SSi-2. The van der Waals surface area contributed by atoms with Crippen LogP contribution in [0.3, 0.4) is 0 Å². The minimum Gasteiger partial charge on any atom is -0.305 e. The summed E-state index contributed by atoms with van der Waals surface area (Å²) < 4.78 is 16.6. The summed E-state index contributed by atoms with van der Waals surface area (Å²) in [5.41, 5.74) is 10.5. The van der Waals surface area contributed by atoms with Gasteiger partial charge < -0.3 is 9.97 Å². The Morgan fingerprint density at radius 2 is 1.44 bits per heavy atom. The SMILES string of the molecule is CC(C)Cc1cc(-c2[c-]cccc2)ncc1[Si](C)(C)C.Cc1cc(-c2[c-]ccc3c2sc2cc(-c4ccccc4F)ccc23)ncc1-c1ccccc1.[Ir]. The van der Waals surface area contributed by atoms with E-state index in [1.165, 1.54) is 38.7 Å². The molecule has 0 aliphatic carbocycles. The van der Waals surface area contributed by atoms with Gasteiger partial charge in [-0.3, -0.25) is 0 Å². The first-order valence-corrected chi connectivity index (χ1v) is 22.5. The van der Waals surface area contributed by atoms with Crippen LogP contribution < -0.4 is 5.19 Å². The molecule has 0 bridgehead atoms. The van der Waals surface area contributed by atoms with E-state index in [2.05, 4.69) is 112 Å². The van der Waals surface area contributed by atoms with E-state index in [0.29, 0.717) is 11.5 Å². The third-order valence-electron chi connectivity index (χ3n) is 9.48. The van der Waals surface area contributed by atoms with Gasteiger partial charge in [-0.2, -0.15) is 11.3 Å². The number of halogens is 1. The van der Waals surface area contributed by atoms with E-state index in [1.54, 1.807) is 17.4 Å². The molecule has 5 aromatic carbocycles. The summed E-state index contributed by atoms with van der Waals surface area (Å²) in [6.07, 6.45) is 5.19. The molecule has 54 heavy (non-hydrogen) atoms. The molecule has 0 saturated carbocycles. The third kappa shape index (κ3) is 8.53. The van der Waals surface area contributed by atoms with E-state index < -0.39 is 8.07 Å². The van der Waals surface area contributed by atoms with Gasteiger partial charge >= 0.3 is 0 Å². The van der Waals surface area contributed by atoms with Crippen LogP contribution in [0.4, 0.5) is 4.39 Å². The van der Waals surface area contributed by atoms with Crippen molar-refractivity contribution in [2.24, 2.45) is 5.92 Å². The zero-order valence-corrected chi connectivity index (χ0v) is 35.7. The molecule has 0 aliphatic heterocycles. The van der Waals surface area contributed by atoms with Gasteiger partial charge in [-0.15, -0.1) is 59.7 Å². The van der Waals surface area contributed by atoms with Crippen LogP contribution in [0.1, 0.15) is 25.0 Å². The molecule has 0 atom stereocenters. The van der Waals surface area contributed by atoms with E-state index in [-0.39, 0.29) is 25.9 Å². The molecule has 0 amide bonds. The average molecular weight is 919 g/mol. The monoisotopic (exact) mass is 919 g/mol. The van der Waals surface area contributed by atoms with Crippen LogP contribution in [0.25, 0.3) is 64.9 Å². The molecular weight excluding hydrogens is 876 g/mol. The molecule has 3 aromatic heterocycles. The van der Waals surface area contributed by atoms with Crippen LogP contribution in [0.2, 0.25) is 19.6 Å². The maximum Gasteiger partial charge on any atom is 0.131 e. The van der Waals surface area contributed by atoms with Crippen molar-refractivity contribution in [2.45, 2.75) is 46.8 Å². The number of hydrogen-bond donors (Lipinski definition) is 0. The smallest absolute Gasteiger partial charge is 0.131 e. The Morgan fingerprint density at radius 1 is 0.704 bits per heavy atom. The first-order valence-electron chi connectivity index (χ1n) is 18.2. The quantitative estimate of drug-likeness (QED) is 0.118. The topological polar surface area (TPSA) is 25.8 Å². The summed E-state index contributed by atoms with van der Waals surface area (Å²) in [5.74, 6) is 0.463. The van der Waals surface area contributed by atoms with Crippen molar-refractivity contribution < 1.29 is 24.5 Å². The van der Waals surface area contributed by atoms with Crippen LogP contribution in [0.15, 0.2) is 134 Å². The van der Waals surface area contributed by atoms with Crippen LogP contribution in [-0.4, -0.2) is 18.0 Å². The van der Waals surface area contributed by atoms with Crippen molar-refractivity contribution in [3.8, 4) is 44.8 Å². The molecule has 273 valence electrons. The zero-order chi connectivity index (χ0) is 37.1. The van der Waals surface area contributed by atoms with E-state index in [4.69, 9.17) is 4.98 Å². The number of benzene rings is 5. The molecule has 0 fully saturated rings.